The Balaban J connectivity index is 1.87. The standard InChI is InChI=1S/C26H26Cl2N2O3/c1-3-6-19-11-18(12-20(15-29)26(31)30-21-7-4-5-8-21)14-24(32-2)25(19)33-16-17-9-10-22(27)23(28)13-17/h3,9-14,21H,1,4-8,16H2,2H3,(H,30,31)/b20-12-. The maximum atomic E-state index is 12.6. The number of rotatable bonds is 9. The fraction of sp³-hybridized carbons (Fsp3) is 0.308. The topological polar surface area (TPSA) is 71.4 Å². The Morgan fingerprint density at radius 1 is 1.24 bits per heavy atom. The molecule has 5 nitrogen and oxygen atoms in total. The first-order chi connectivity index (χ1) is 15.9. The molecule has 1 N–H and O–H groups in total. The van der Waals surface area contributed by atoms with E-state index in [1.165, 1.54) is 0 Å². The maximum Gasteiger partial charge on any atom is 0.262 e. The van der Waals surface area contributed by atoms with Crippen molar-refractivity contribution in [1.82, 2.24) is 5.32 Å². The molecule has 1 saturated carbocycles. The first kappa shape index (κ1) is 24.7. The van der Waals surface area contributed by atoms with Gasteiger partial charge in [-0.15, -0.1) is 6.58 Å². The summed E-state index contributed by atoms with van der Waals surface area (Å²) in [6.45, 7) is 4.09. The second-order valence-electron chi connectivity index (χ2n) is 7.87. The van der Waals surface area contributed by atoms with Gasteiger partial charge in [0.15, 0.2) is 11.5 Å². The molecule has 172 valence electrons. The van der Waals surface area contributed by atoms with Crippen molar-refractivity contribution in [1.29, 1.82) is 5.26 Å². The van der Waals surface area contributed by atoms with Crippen molar-refractivity contribution in [2.75, 3.05) is 7.11 Å². The maximum absolute atomic E-state index is 12.6. The van der Waals surface area contributed by atoms with Crippen molar-refractivity contribution in [3.63, 3.8) is 0 Å². The van der Waals surface area contributed by atoms with Gasteiger partial charge < -0.3 is 14.8 Å². The molecule has 0 saturated heterocycles. The average Bonchev–Trinajstić information content (AvgIpc) is 3.31. The van der Waals surface area contributed by atoms with E-state index in [2.05, 4.69) is 11.9 Å². The second kappa shape index (κ2) is 11.8. The minimum absolute atomic E-state index is 0.0537. The number of halogens is 2. The summed E-state index contributed by atoms with van der Waals surface area (Å²) in [5.74, 6) is 0.706. The Bertz CT molecular complexity index is 1100. The molecule has 0 radical (unpaired) electrons. The fourth-order valence-electron chi connectivity index (χ4n) is 3.82. The van der Waals surface area contributed by atoms with Gasteiger partial charge in [0.1, 0.15) is 18.2 Å². The van der Waals surface area contributed by atoms with E-state index in [1.54, 1.807) is 37.5 Å². The summed E-state index contributed by atoms with van der Waals surface area (Å²) in [6.07, 6.45) is 7.95. The van der Waals surface area contributed by atoms with Crippen LogP contribution in [-0.2, 0) is 17.8 Å². The Kier molecular flexibility index (Phi) is 8.82. The van der Waals surface area contributed by atoms with Gasteiger partial charge in [0.25, 0.3) is 5.91 Å². The van der Waals surface area contributed by atoms with Crippen molar-refractivity contribution < 1.29 is 14.3 Å². The molecule has 2 aromatic carbocycles. The summed E-state index contributed by atoms with van der Waals surface area (Å²) in [5.41, 5.74) is 2.40. The van der Waals surface area contributed by atoms with E-state index in [-0.39, 0.29) is 24.1 Å². The highest BCUT2D eigenvalue weighted by Gasteiger charge is 2.20. The number of hydrogen-bond donors (Lipinski definition) is 1. The second-order valence-corrected chi connectivity index (χ2v) is 8.68. The van der Waals surface area contributed by atoms with Crippen LogP contribution < -0.4 is 14.8 Å². The van der Waals surface area contributed by atoms with Gasteiger partial charge in [0.2, 0.25) is 0 Å². The highest BCUT2D eigenvalue weighted by molar-refractivity contribution is 6.42. The van der Waals surface area contributed by atoms with Crippen LogP contribution in [0.2, 0.25) is 10.0 Å². The van der Waals surface area contributed by atoms with E-state index in [1.807, 2.05) is 18.2 Å². The van der Waals surface area contributed by atoms with E-state index < -0.39 is 0 Å². The molecule has 0 unspecified atom stereocenters. The van der Waals surface area contributed by atoms with Crippen molar-refractivity contribution in [2.45, 2.75) is 44.8 Å². The number of nitrogens with one attached hydrogen (secondary N) is 1. The molecule has 3 rings (SSSR count). The smallest absolute Gasteiger partial charge is 0.262 e. The number of hydrogen-bond acceptors (Lipinski definition) is 4. The number of amides is 1. The van der Waals surface area contributed by atoms with Crippen LogP contribution >= 0.6 is 23.2 Å². The Hall–Kier alpha value is -2.94. The van der Waals surface area contributed by atoms with Crippen LogP contribution in [-0.4, -0.2) is 19.1 Å². The third kappa shape index (κ3) is 6.54. The van der Waals surface area contributed by atoms with Crippen molar-refractivity contribution in [2.24, 2.45) is 0 Å². The first-order valence-corrected chi connectivity index (χ1v) is 11.5. The molecule has 7 heteroatoms. The number of nitriles is 1. The minimum atomic E-state index is -0.353. The Morgan fingerprint density at radius 2 is 2.00 bits per heavy atom. The molecule has 0 aromatic heterocycles. The highest BCUT2D eigenvalue weighted by atomic mass is 35.5. The van der Waals surface area contributed by atoms with Crippen LogP contribution in [0.25, 0.3) is 6.08 Å². The van der Waals surface area contributed by atoms with Crippen LogP contribution in [0, 0.1) is 11.3 Å². The van der Waals surface area contributed by atoms with Gasteiger partial charge in [-0.3, -0.25) is 4.79 Å². The largest absolute Gasteiger partial charge is 0.493 e. The third-order valence-corrected chi connectivity index (χ3v) is 6.21. The van der Waals surface area contributed by atoms with Gasteiger partial charge in [-0.05, 0) is 60.7 Å². The molecule has 1 aliphatic carbocycles. The van der Waals surface area contributed by atoms with Crippen LogP contribution in [0.5, 0.6) is 11.5 Å². The molecule has 1 fully saturated rings. The monoisotopic (exact) mass is 484 g/mol. The number of carbonyl (C=O) groups is 1. The Morgan fingerprint density at radius 3 is 2.64 bits per heavy atom. The molecule has 1 amide bonds. The van der Waals surface area contributed by atoms with Gasteiger partial charge in [-0.25, -0.2) is 0 Å². The predicted molar refractivity (Wildman–Crippen MR) is 132 cm³/mol. The number of allylic oxidation sites excluding steroid dienone is 1. The Labute approximate surface area is 204 Å². The lowest BCUT2D eigenvalue weighted by atomic mass is 10.0. The average molecular weight is 485 g/mol. The van der Waals surface area contributed by atoms with E-state index >= 15 is 0 Å². The van der Waals surface area contributed by atoms with Crippen molar-refractivity contribution in [3.8, 4) is 17.6 Å². The summed E-state index contributed by atoms with van der Waals surface area (Å²) in [7, 11) is 1.55. The predicted octanol–water partition coefficient (Wildman–Crippen LogP) is 6.28. The van der Waals surface area contributed by atoms with Crippen LogP contribution in [0.15, 0.2) is 48.6 Å². The lowest BCUT2D eigenvalue weighted by Gasteiger charge is -2.16. The van der Waals surface area contributed by atoms with Gasteiger partial charge in [0.05, 0.1) is 17.2 Å². The number of benzene rings is 2. The number of carbonyl (C=O) groups excluding carboxylic acids is 1. The summed E-state index contributed by atoms with van der Waals surface area (Å²) in [6, 6.07) is 11.1. The highest BCUT2D eigenvalue weighted by Crippen LogP contribution is 2.35. The molecule has 0 atom stereocenters. The third-order valence-electron chi connectivity index (χ3n) is 5.47. The van der Waals surface area contributed by atoms with Crippen LogP contribution in [0.3, 0.4) is 0 Å². The lowest BCUT2D eigenvalue weighted by molar-refractivity contribution is -0.117. The zero-order valence-corrected chi connectivity index (χ0v) is 20.0. The molecule has 0 bridgehead atoms. The molecule has 2 aromatic rings. The summed E-state index contributed by atoms with van der Waals surface area (Å²) < 4.78 is 11.6. The van der Waals surface area contributed by atoms with E-state index in [9.17, 15) is 10.1 Å². The SMILES string of the molecule is C=CCc1cc(/C=C(/C#N)C(=O)NC2CCCC2)cc(OC)c1OCc1ccc(Cl)c(Cl)c1. The zero-order chi connectivity index (χ0) is 23.8. The molecule has 0 aliphatic heterocycles. The molecular weight excluding hydrogens is 459 g/mol. The van der Waals surface area contributed by atoms with Crippen molar-refractivity contribution >= 4 is 35.2 Å². The summed E-state index contributed by atoms with van der Waals surface area (Å²) in [5, 5.41) is 13.5. The van der Waals surface area contributed by atoms with E-state index in [4.69, 9.17) is 32.7 Å². The number of nitrogens with zero attached hydrogens (tertiary/aromatic N) is 1. The molecular formula is C26H26Cl2N2O3. The van der Waals surface area contributed by atoms with Gasteiger partial charge in [-0.2, -0.15) is 5.26 Å². The number of ether oxygens (including phenoxy) is 2. The van der Waals surface area contributed by atoms with Crippen LogP contribution in [0.1, 0.15) is 42.4 Å². The quantitative estimate of drug-likeness (QED) is 0.258. The van der Waals surface area contributed by atoms with E-state index in [0.29, 0.717) is 33.5 Å². The molecule has 0 heterocycles. The first-order valence-electron chi connectivity index (χ1n) is 10.8. The number of methoxy groups -OCH3 is 1. The zero-order valence-electron chi connectivity index (χ0n) is 18.5. The molecule has 1 aliphatic rings. The normalized spacial score (nSPS) is 13.9. The fourth-order valence-corrected chi connectivity index (χ4v) is 4.14. The van der Waals surface area contributed by atoms with Gasteiger partial charge in [-0.1, -0.05) is 48.2 Å². The van der Waals surface area contributed by atoms with E-state index in [0.717, 1.165) is 36.8 Å². The van der Waals surface area contributed by atoms with Crippen molar-refractivity contribution in [3.05, 3.63) is 75.3 Å². The summed E-state index contributed by atoms with van der Waals surface area (Å²) >= 11 is 12.1. The minimum Gasteiger partial charge on any atom is -0.493 e. The van der Waals surface area contributed by atoms with Gasteiger partial charge in [0, 0.05) is 11.6 Å². The van der Waals surface area contributed by atoms with Gasteiger partial charge >= 0.3 is 0 Å². The summed E-state index contributed by atoms with van der Waals surface area (Å²) in [4.78, 5) is 12.6. The lowest BCUT2D eigenvalue weighted by Crippen LogP contribution is -2.33. The molecule has 0 spiro atoms. The molecule has 33 heavy (non-hydrogen) atoms. The van der Waals surface area contributed by atoms with Crippen LogP contribution in [0.4, 0.5) is 0 Å².